The summed E-state index contributed by atoms with van der Waals surface area (Å²) < 4.78 is 78.2. The maximum absolute atomic E-state index is 12.6. The van der Waals surface area contributed by atoms with Crippen LogP contribution in [-0.2, 0) is 0 Å². The van der Waals surface area contributed by atoms with Gasteiger partial charge < -0.3 is 17.7 Å². The molecule has 0 saturated heterocycles. The number of ether oxygens (including phenoxy) is 1. The molecule has 0 N–H and O–H groups in total. The van der Waals surface area contributed by atoms with E-state index in [9.17, 15) is 26.1 Å². The van der Waals surface area contributed by atoms with Crippen molar-refractivity contribution < 1.29 is 30.9 Å². The van der Waals surface area contributed by atoms with Crippen LogP contribution in [0.1, 0.15) is 0 Å². The van der Waals surface area contributed by atoms with Gasteiger partial charge in [-0.3, -0.25) is 0 Å². The van der Waals surface area contributed by atoms with E-state index >= 15 is 0 Å². The molecule has 8 heteroatoms. The fraction of sp³-hybridized carbons (Fsp3) is 0.167. The molecule has 2 aromatic rings. The summed E-state index contributed by atoms with van der Waals surface area (Å²) >= 11 is 0. The van der Waals surface area contributed by atoms with Crippen molar-refractivity contribution in [2.75, 3.05) is 6.61 Å². The third-order valence-electron chi connectivity index (χ3n) is 2.62. The van der Waals surface area contributed by atoms with E-state index < -0.39 is 25.2 Å². The summed E-state index contributed by atoms with van der Waals surface area (Å²) in [6, 6.07) is 6.85. The van der Waals surface area contributed by atoms with Crippen LogP contribution in [0.4, 0.5) is 26.1 Å². The van der Waals surface area contributed by atoms with Gasteiger partial charge in [0.15, 0.2) is 6.61 Å². The Hall–Kier alpha value is -1.86. The molecule has 108 valence electrons. The Morgan fingerprint density at radius 1 is 0.900 bits per heavy atom. The molecule has 1 nitrogen and oxygen atoms in total. The van der Waals surface area contributed by atoms with Gasteiger partial charge in [0.2, 0.25) is 0 Å². The topological polar surface area (TPSA) is 9.23 Å². The normalized spacial score (nSPS) is 12.7. The predicted octanol–water partition coefficient (Wildman–Crippen LogP) is 3.84. The van der Waals surface area contributed by atoms with Crippen LogP contribution >= 0.6 is 0 Å². The molecule has 0 aromatic heterocycles. The molecule has 2 rings (SSSR count). The van der Waals surface area contributed by atoms with E-state index in [4.69, 9.17) is 0 Å². The van der Waals surface area contributed by atoms with Crippen LogP contribution in [0.2, 0.25) is 0 Å². The molecule has 0 unspecified atom stereocenters. The van der Waals surface area contributed by atoms with Crippen LogP contribution in [0.3, 0.4) is 0 Å². The third kappa shape index (κ3) is 3.58. The summed E-state index contributed by atoms with van der Waals surface area (Å²) in [4.78, 5) is 0. The third-order valence-corrected chi connectivity index (χ3v) is 2.62. The van der Waals surface area contributed by atoms with Crippen LogP contribution < -0.4 is 10.2 Å². The molecule has 2 aromatic carbocycles. The van der Waals surface area contributed by atoms with Gasteiger partial charge in [0, 0.05) is 0 Å². The van der Waals surface area contributed by atoms with E-state index in [1.165, 1.54) is 24.3 Å². The average Bonchev–Trinajstić information content (AvgIpc) is 2.33. The monoisotopic (exact) mass is 293 g/mol. The van der Waals surface area contributed by atoms with Gasteiger partial charge in [0.25, 0.3) is 0 Å². The van der Waals surface area contributed by atoms with Crippen LogP contribution in [0, 0.1) is 0 Å². The van der Waals surface area contributed by atoms with Crippen molar-refractivity contribution in [3.05, 3.63) is 36.4 Å². The molecule has 20 heavy (non-hydrogen) atoms. The van der Waals surface area contributed by atoms with Crippen LogP contribution in [0.15, 0.2) is 36.4 Å². The SMILES string of the molecule is F[B-](F)(F)c1ccc2cc(OCC(F)(F)F)ccc2c1. The number of benzene rings is 2. The maximum atomic E-state index is 12.6. The first-order valence-corrected chi connectivity index (χ1v) is 5.58. The molecule has 0 aliphatic carbocycles. The summed E-state index contributed by atoms with van der Waals surface area (Å²) in [7, 11) is 0. The summed E-state index contributed by atoms with van der Waals surface area (Å²) in [6.07, 6.45) is -4.46. The van der Waals surface area contributed by atoms with Gasteiger partial charge in [-0.25, -0.2) is 0 Å². The molecule has 0 fully saturated rings. The van der Waals surface area contributed by atoms with E-state index in [0.717, 1.165) is 12.1 Å². The number of rotatable bonds is 3. The molecule has 0 spiro atoms. The first-order chi connectivity index (χ1) is 9.15. The highest BCUT2D eigenvalue weighted by molar-refractivity contribution is 6.73. The van der Waals surface area contributed by atoms with Crippen molar-refractivity contribution in [1.82, 2.24) is 0 Å². The highest BCUT2D eigenvalue weighted by Gasteiger charge is 2.28. The van der Waals surface area contributed by atoms with Crippen molar-refractivity contribution >= 4 is 23.2 Å². The van der Waals surface area contributed by atoms with Gasteiger partial charge in [-0.1, -0.05) is 24.3 Å². The molecule has 0 heterocycles. The van der Waals surface area contributed by atoms with E-state index in [0.29, 0.717) is 10.8 Å². The number of alkyl halides is 3. The highest BCUT2D eigenvalue weighted by Crippen LogP contribution is 2.23. The number of fused-ring (bicyclic) bond motifs is 1. The standard InChI is InChI=1S/C12H8BF6O/c14-12(15,16)7-20-11-4-2-8-5-10(13(17,18)19)3-1-9(8)6-11/h1-6H,7H2/q-1. The van der Waals surface area contributed by atoms with Gasteiger partial charge in [-0.15, -0.1) is 5.46 Å². The van der Waals surface area contributed by atoms with E-state index in [2.05, 4.69) is 4.74 Å². The van der Waals surface area contributed by atoms with Crippen LogP contribution in [0.25, 0.3) is 10.8 Å². The minimum absolute atomic E-state index is 0.0416. The van der Waals surface area contributed by atoms with E-state index in [1.54, 1.807) is 0 Å². The van der Waals surface area contributed by atoms with Crippen molar-refractivity contribution in [3.63, 3.8) is 0 Å². The van der Waals surface area contributed by atoms with Gasteiger partial charge in [-0.05, 0) is 22.9 Å². The quantitative estimate of drug-likeness (QED) is 0.617. The molecule has 0 amide bonds. The Kier molecular flexibility index (Phi) is 3.58. The lowest BCUT2D eigenvalue weighted by atomic mass is 9.79. The van der Waals surface area contributed by atoms with Gasteiger partial charge in [-0.2, -0.15) is 13.2 Å². The van der Waals surface area contributed by atoms with Gasteiger partial charge >= 0.3 is 13.2 Å². The zero-order valence-electron chi connectivity index (χ0n) is 9.92. The number of hydrogen-bond acceptors (Lipinski definition) is 1. The molecule has 0 bridgehead atoms. The largest absolute Gasteiger partial charge is 0.509 e. The lowest BCUT2D eigenvalue weighted by Gasteiger charge is -2.15. The minimum atomic E-state index is -5.10. The first kappa shape index (κ1) is 14.6. The van der Waals surface area contributed by atoms with Crippen molar-refractivity contribution in [1.29, 1.82) is 0 Å². The Bertz CT molecular complexity index is 619. The summed E-state index contributed by atoms with van der Waals surface area (Å²) in [5.74, 6) is -0.0416. The molecule has 0 aliphatic heterocycles. The Labute approximate surface area is 110 Å². The average molecular weight is 293 g/mol. The lowest BCUT2D eigenvalue weighted by molar-refractivity contribution is -0.153. The maximum Gasteiger partial charge on any atom is 0.509 e. The number of halogens is 6. The fourth-order valence-electron chi connectivity index (χ4n) is 1.70. The fourth-order valence-corrected chi connectivity index (χ4v) is 1.70. The highest BCUT2D eigenvalue weighted by atomic mass is 19.4. The lowest BCUT2D eigenvalue weighted by Crippen LogP contribution is -2.33. The second kappa shape index (κ2) is 4.92. The summed E-state index contributed by atoms with van der Waals surface area (Å²) in [5.41, 5.74) is -0.749. The van der Waals surface area contributed by atoms with Crippen molar-refractivity contribution in [2.45, 2.75) is 6.18 Å². The second-order valence-electron chi connectivity index (χ2n) is 4.25. The van der Waals surface area contributed by atoms with E-state index in [1.807, 2.05) is 0 Å². The zero-order chi connectivity index (χ0) is 15.0. The minimum Gasteiger partial charge on any atom is -0.484 e. The Morgan fingerprint density at radius 3 is 2.10 bits per heavy atom. The molecular weight excluding hydrogens is 285 g/mol. The predicted molar refractivity (Wildman–Crippen MR) is 64.2 cm³/mol. The van der Waals surface area contributed by atoms with Crippen molar-refractivity contribution in [3.8, 4) is 5.75 Å². The number of hydrogen-bond donors (Lipinski definition) is 0. The van der Waals surface area contributed by atoms with Crippen molar-refractivity contribution in [2.24, 2.45) is 0 Å². The second-order valence-corrected chi connectivity index (χ2v) is 4.25. The van der Waals surface area contributed by atoms with E-state index in [-0.39, 0.29) is 5.75 Å². The van der Waals surface area contributed by atoms with Gasteiger partial charge in [0.1, 0.15) is 5.75 Å². The van der Waals surface area contributed by atoms with Gasteiger partial charge in [0.05, 0.1) is 0 Å². The Balaban J connectivity index is 2.28. The smallest absolute Gasteiger partial charge is 0.484 e. The summed E-state index contributed by atoms with van der Waals surface area (Å²) in [5, 5.41) is 0.675. The zero-order valence-corrected chi connectivity index (χ0v) is 9.92. The molecule has 0 radical (unpaired) electrons. The Morgan fingerprint density at radius 2 is 1.50 bits per heavy atom. The molecular formula is C12H8BF6O-. The summed E-state index contributed by atoms with van der Waals surface area (Å²) in [6.45, 7) is -6.54. The van der Waals surface area contributed by atoms with Crippen LogP contribution in [0.5, 0.6) is 5.75 Å². The van der Waals surface area contributed by atoms with Crippen LogP contribution in [-0.4, -0.2) is 19.8 Å². The molecule has 0 atom stereocenters. The molecule has 0 aliphatic rings. The molecule has 0 saturated carbocycles. The first-order valence-electron chi connectivity index (χ1n) is 5.58.